The maximum Gasteiger partial charge on any atom is 0.224 e. The number of ketones is 2. The van der Waals surface area contributed by atoms with E-state index in [0.29, 0.717) is 10.5 Å². The van der Waals surface area contributed by atoms with Crippen LogP contribution in [0.15, 0.2) is 28.3 Å². The highest BCUT2D eigenvalue weighted by molar-refractivity contribution is 8.04. The number of unbranched alkanes of at least 4 members (excludes halogenated alkanes) is 2. The molecule has 0 N–H and O–H groups in total. The first-order valence-corrected chi connectivity index (χ1v) is 7.60. The molecule has 1 aliphatic rings. The lowest BCUT2D eigenvalue weighted by Gasteiger charge is -2.16. The molecule has 0 aliphatic heterocycles. The molecule has 0 unspecified atom stereocenters. The fourth-order valence-electron chi connectivity index (χ4n) is 1.85. The van der Waals surface area contributed by atoms with Gasteiger partial charge in [0.05, 0.1) is 10.5 Å². The number of fused-ring (bicyclic) bond motifs is 1. The molecule has 0 bridgehead atoms. The van der Waals surface area contributed by atoms with E-state index in [1.165, 1.54) is 18.0 Å². The lowest BCUT2D eigenvalue weighted by atomic mass is 10.00. The van der Waals surface area contributed by atoms with E-state index >= 15 is 0 Å². The van der Waals surface area contributed by atoms with Crippen molar-refractivity contribution in [2.75, 3.05) is 5.75 Å². The van der Waals surface area contributed by atoms with E-state index in [1.54, 1.807) is 12.1 Å². The summed E-state index contributed by atoms with van der Waals surface area (Å²) in [5, 5.41) is 0.0118. The van der Waals surface area contributed by atoms with Crippen LogP contribution in [0.5, 0.6) is 0 Å². The molecule has 5 heteroatoms. The van der Waals surface area contributed by atoms with Crippen LogP contribution in [0.4, 0.5) is 0 Å². The minimum atomic E-state index is -0.352. The van der Waals surface area contributed by atoms with Crippen LogP contribution in [-0.4, -0.2) is 22.3 Å². The second-order valence-corrected chi connectivity index (χ2v) is 5.74. The molecule has 3 nitrogen and oxygen atoms in total. The Morgan fingerprint density at radius 2 is 2.05 bits per heavy atom. The minimum absolute atomic E-state index is 0.0118. The summed E-state index contributed by atoms with van der Waals surface area (Å²) in [5.74, 6) is 0.262. The zero-order valence-electron chi connectivity index (χ0n) is 10.6. The van der Waals surface area contributed by atoms with Gasteiger partial charge in [-0.05, 0) is 24.3 Å². The third-order valence-electron chi connectivity index (χ3n) is 2.87. The largest absolute Gasteiger partial charge is 0.288 e. The molecule has 0 aromatic carbocycles. The summed E-state index contributed by atoms with van der Waals surface area (Å²) in [7, 11) is 0. The first-order valence-electron chi connectivity index (χ1n) is 6.23. The van der Waals surface area contributed by atoms with Crippen molar-refractivity contribution < 1.29 is 9.59 Å². The molecule has 19 heavy (non-hydrogen) atoms. The molecule has 1 aromatic rings. The van der Waals surface area contributed by atoms with Crippen LogP contribution in [0.3, 0.4) is 0 Å². The molecule has 0 saturated carbocycles. The van der Waals surface area contributed by atoms with Crippen molar-refractivity contribution in [1.82, 2.24) is 4.98 Å². The van der Waals surface area contributed by atoms with Gasteiger partial charge in [0.25, 0.3) is 0 Å². The monoisotopic (exact) mass is 295 g/mol. The number of carbonyl (C=O) groups excluding carboxylic acids is 2. The molecule has 0 fully saturated rings. The smallest absolute Gasteiger partial charge is 0.224 e. The molecule has 1 aromatic heterocycles. The summed E-state index contributed by atoms with van der Waals surface area (Å²) in [6, 6.07) is 3.28. The number of Topliss-reactive ketones (excluding diaryl/α,β-unsaturated/α-hetero) is 2. The average molecular weight is 296 g/mol. The minimum Gasteiger partial charge on any atom is -0.288 e. The van der Waals surface area contributed by atoms with Gasteiger partial charge < -0.3 is 0 Å². The number of rotatable bonds is 5. The number of aromatic nitrogens is 1. The van der Waals surface area contributed by atoms with E-state index < -0.39 is 0 Å². The van der Waals surface area contributed by atoms with Crippen molar-refractivity contribution in [3.8, 4) is 0 Å². The first-order chi connectivity index (χ1) is 9.16. The number of hydrogen-bond acceptors (Lipinski definition) is 4. The van der Waals surface area contributed by atoms with Gasteiger partial charge in [0.2, 0.25) is 11.6 Å². The van der Waals surface area contributed by atoms with Crippen molar-refractivity contribution in [3.63, 3.8) is 0 Å². The maximum atomic E-state index is 12.3. The van der Waals surface area contributed by atoms with Crippen LogP contribution >= 0.6 is 23.4 Å². The Morgan fingerprint density at radius 1 is 1.26 bits per heavy atom. The predicted molar refractivity (Wildman–Crippen MR) is 77.8 cm³/mol. The predicted octanol–water partition coefficient (Wildman–Crippen LogP) is 3.83. The Balaban J connectivity index is 2.22. The van der Waals surface area contributed by atoms with Crippen LogP contribution in [0, 0.1) is 0 Å². The Kier molecular flexibility index (Phi) is 4.77. The molecule has 2 rings (SSSR count). The molecule has 1 heterocycles. The summed E-state index contributed by atoms with van der Waals surface area (Å²) in [6.07, 6.45) is 4.73. The van der Waals surface area contributed by atoms with Gasteiger partial charge >= 0.3 is 0 Å². The number of pyridine rings is 1. The molecule has 1 aliphatic carbocycles. The van der Waals surface area contributed by atoms with Gasteiger partial charge in [-0.2, -0.15) is 0 Å². The van der Waals surface area contributed by atoms with Gasteiger partial charge in [-0.3, -0.25) is 14.6 Å². The van der Waals surface area contributed by atoms with Crippen molar-refractivity contribution in [2.45, 2.75) is 26.2 Å². The van der Waals surface area contributed by atoms with Gasteiger partial charge in [-0.15, -0.1) is 11.8 Å². The molecule has 100 valence electrons. The Morgan fingerprint density at radius 3 is 2.79 bits per heavy atom. The highest BCUT2D eigenvalue weighted by Gasteiger charge is 2.32. The number of thioether (sulfide) groups is 1. The van der Waals surface area contributed by atoms with E-state index in [-0.39, 0.29) is 22.3 Å². The zero-order valence-corrected chi connectivity index (χ0v) is 12.2. The quantitative estimate of drug-likeness (QED) is 0.775. The van der Waals surface area contributed by atoms with Crippen LogP contribution in [0.25, 0.3) is 0 Å². The lowest BCUT2D eigenvalue weighted by molar-refractivity contribution is 0.0984. The lowest BCUT2D eigenvalue weighted by Crippen LogP contribution is -2.20. The van der Waals surface area contributed by atoms with Crippen LogP contribution in [-0.2, 0) is 0 Å². The second kappa shape index (κ2) is 6.35. The standard InChI is InChI=1S/C14H14ClNO2S/c1-2-3-4-8-19-14-10(15)13(18)11-9(12(14)17)6-5-7-16-11/h5-7H,2-4,8H2,1H3. The maximum absolute atomic E-state index is 12.3. The normalized spacial score (nSPS) is 14.8. The molecule has 0 amide bonds. The fraction of sp³-hybridized carbons (Fsp3) is 0.357. The summed E-state index contributed by atoms with van der Waals surface area (Å²) in [4.78, 5) is 28.6. The Bertz CT molecular complexity index is 554. The van der Waals surface area contributed by atoms with E-state index in [1.807, 2.05) is 0 Å². The zero-order chi connectivity index (χ0) is 13.8. The van der Waals surface area contributed by atoms with Crippen molar-refractivity contribution in [3.05, 3.63) is 39.5 Å². The van der Waals surface area contributed by atoms with Crippen LogP contribution in [0.1, 0.15) is 47.0 Å². The van der Waals surface area contributed by atoms with Crippen molar-refractivity contribution in [1.29, 1.82) is 0 Å². The van der Waals surface area contributed by atoms with Crippen molar-refractivity contribution >= 4 is 34.9 Å². The Hall–Kier alpha value is -1.13. The van der Waals surface area contributed by atoms with Gasteiger partial charge in [-0.1, -0.05) is 31.4 Å². The van der Waals surface area contributed by atoms with Gasteiger partial charge in [0, 0.05) is 6.20 Å². The highest BCUT2D eigenvalue weighted by atomic mass is 35.5. The molecule has 0 saturated heterocycles. The third-order valence-corrected chi connectivity index (χ3v) is 4.51. The van der Waals surface area contributed by atoms with E-state index in [0.717, 1.165) is 25.0 Å². The molecule has 0 spiro atoms. The van der Waals surface area contributed by atoms with E-state index in [4.69, 9.17) is 11.6 Å². The third kappa shape index (κ3) is 2.90. The topological polar surface area (TPSA) is 47.0 Å². The summed E-state index contributed by atoms with van der Waals surface area (Å²) in [5.41, 5.74) is 0.519. The highest BCUT2D eigenvalue weighted by Crippen LogP contribution is 2.34. The van der Waals surface area contributed by atoms with E-state index in [9.17, 15) is 9.59 Å². The van der Waals surface area contributed by atoms with E-state index in [2.05, 4.69) is 11.9 Å². The number of carbonyl (C=O) groups is 2. The number of hydrogen-bond donors (Lipinski definition) is 0. The van der Waals surface area contributed by atoms with Gasteiger partial charge in [-0.25, -0.2) is 0 Å². The molecule has 0 radical (unpaired) electrons. The fourth-order valence-corrected chi connectivity index (χ4v) is 3.21. The van der Waals surface area contributed by atoms with Crippen LogP contribution < -0.4 is 0 Å². The van der Waals surface area contributed by atoms with Crippen LogP contribution in [0.2, 0.25) is 0 Å². The SMILES string of the molecule is CCCCCSC1=C(Cl)C(=O)c2ncccc2C1=O. The molecular weight excluding hydrogens is 282 g/mol. The summed E-state index contributed by atoms with van der Waals surface area (Å²) < 4.78 is 0. The molecule has 0 atom stereocenters. The molecular formula is C14H14ClNO2S. The second-order valence-electron chi connectivity index (χ2n) is 4.26. The summed E-state index contributed by atoms with van der Waals surface area (Å²) >= 11 is 7.39. The first kappa shape index (κ1) is 14.3. The van der Waals surface area contributed by atoms with Gasteiger partial charge in [0.1, 0.15) is 10.7 Å². The van der Waals surface area contributed by atoms with Gasteiger partial charge in [0.15, 0.2) is 0 Å². The number of allylic oxidation sites excluding steroid dienone is 2. The Labute approximate surface area is 121 Å². The average Bonchev–Trinajstić information content (AvgIpc) is 2.44. The summed E-state index contributed by atoms with van der Waals surface area (Å²) in [6.45, 7) is 2.12. The number of halogens is 1. The van der Waals surface area contributed by atoms with Crippen molar-refractivity contribution in [2.24, 2.45) is 0 Å². The number of nitrogens with zero attached hydrogens (tertiary/aromatic N) is 1.